The standard InChI is InChI=1S/C16H15O3.Cr/c1-10-4-7-13(17-10)16(14-8-5-11(2)18-14)15-9-6-12(3)19-15;/h4-9H,1-3H3;/q-1;. The van der Waals surface area contributed by atoms with Crippen molar-refractivity contribution in [2.45, 2.75) is 20.8 Å². The molecule has 0 aromatic carbocycles. The van der Waals surface area contributed by atoms with Gasteiger partial charge in [0.25, 0.3) is 0 Å². The van der Waals surface area contributed by atoms with Crippen LogP contribution < -0.4 is 0 Å². The van der Waals surface area contributed by atoms with Gasteiger partial charge >= 0.3 is 0 Å². The van der Waals surface area contributed by atoms with Crippen molar-refractivity contribution in [3.05, 3.63) is 76.9 Å². The van der Waals surface area contributed by atoms with Crippen LogP contribution in [0.1, 0.15) is 34.6 Å². The molecule has 3 rings (SSSR count). The molecule has 3 aromatic heterocycles. The van der Waals surface area contributed by atoms with E-state index >= 15 is 0 Å². The molecule has 104 valence electrons. The minimum atomic E-state index is 0. The van der Waals surface area contributed by atoms with Crippen LogP contribution in [-0.4, -0.2) is 0 Å². The molecule has 0 aliphatic rings. The Morgan fingerprint density at radius 3 is 1.10 bits per heavy atom. The van der Waals surface area contributed by atoms with Gasteiger partial charge in [0.05, 0.1) is 34.6 Å². The Labute approximate surface area is 128 Å². The first-order valence-electron chi connectivity index (χ1n) is 6.21. The molecule has 20 heavy (non-hydrogen) atoms. The van der Waals surface area contributed by atoms with E-state index in [1.165, 1.54) is 0 Å². The molecule has 0 N–H and O–H groups in total. The largest absolute Gasteiger partial charge is 0.481 e. The molecule has 0 radical (unpaired) electrons. The van der Waals surface area contributed by atoms with Crippen LogP contribution in [0.3, 0.4) is 0 Å². The van der Waals surface area contributed by atoms with E-state index in [1.807, 2.05) is 57.2 Å². The van der Waals surface area contributed by atoms with E-state index < -0.39 is 0 Å². The number of furan rings is 3. The van der Waals surface area contributed by atoms with E-state index in [0.29, 0.717) is 0 Å². The van der Waals surface area contributed by atoms with Gasteiger partial charge in [0.15, 0.2) is 0 Å². The van der Waals surface area contributed by atoms with Gasteiger partial charge < -0.3 is 13.3 Å². The molecule has 0 bridgehead atoms. The Hall–Kier alpha value is -1.76. The summed E-state index contributed by atoms with van der Waals surface area (Å²) in [7, 11) is 0. The van der Waals surface area contributed by atoms with E-state index in [9.17, 15) is 0 Å². The van der Waals surface area contributed by atoms with Gasteiger partial charge in [-0.25, -0.2) is 0 Å². The van der Waals surface area contributed by atoms with Crippen LogP contribution in [0.4, 0.5) is 0 Å². The fourth-order valence-electron chi connectivity index (χ4n) is 2.07. The quantitative estimate of drug-likeness (QED) is 0.673. The van der Waals surface area contributed by atoms with Crippen LogP contribution in [0.5, 0.6) is 0 Å². The van der Waals surface area contributed by atoms with Crippen molar-refractivity contribution in [1.82, 2.24) is 0 Å². The summed E-state index contributed by atoms with van der Waals surface area (Å²) in [5, 5.41) is 0. The Balaban J connectivity index is 0.00000147. The third kappa shape index (κ3) is 2.72. The second kappa shape index (κ2) is 5.70. The van der Waals surface area contributed by atoms with Gasteiger partial charge in [-0.05, 0) is 20.8 Å². The second-order valence-corrected chi connectivity index (χ2v) is 4.61. The molecule has 0 saturated carbocycles. The summed E-state index contributed by atoms with van der Waals surface area (Å²) in [6.45, 7) is 5.76. The summed E-state index contributed by atoms with van der Waals surface area (Å²) < 4.78 is 17.1. The molecule has 0 amide bonds. The van der Waals surface area contributed by atoms with Crippen LogP contribution >= 0.6 is 0 Å². The number of aryl methyl sites for hydroxylation is 3. The molecule has 3 nitrogen and oxygen atoms in total. The van der Waals surface area contributed by atoms with Gasteiger partial charge in [-0.2, -0.15) is 0 Å². The van der Waals surface area contributed by atoms with Crippen LogP contribution in [0.2, 0.25) is 0 Å². The third-order valence-corrected chi connectivity index (χ3v) is 2.96. The number of hydrogen-bond acceptors (Lipinski definition) is 3. The minimum Gasteiger partial charge on any atom is -0.481 e. The van der Waals surface area contributed by atoms with Gasteiger partial charge in [-0.15, -0.1) is 0 Å². The molecular formula is C16H15CrO3-. The van der Waals surface area contributed by atoms with Crippen molar-refractivity contribution in [2.75, 3.05) is 0 Å². The molecule has 0 spiro atoms. The predicted octanol–water partition coefficient (Wildman–Crippen LogP) is 4.41. The Morgan fingerprint density at radius 1 is 0.600 bits per heavy atom. The topological polar surface area (TPSA) is 39.4 Å². The van der Waals surface area contributed by atoms with Crippen molar-refractivity contribution < 1.29 is 30.6 Å². The zero-order valence-corrected chi connectivity index (χ0v) is 12.9. The monoisotopic (exact) mass is 307 g/mol. The fraction of sp³-hybridized carbons (Fsp3) is 0.188. The van der Waals surface area contributed by atoms with Gasteiger partial charge in [0.1, 0.15) is 0 Å². The number of hydrogen-bond donors (Lipinski definition) is 0. The van der Waals surface area contributed by atoms with Crippen LogP contribution in [0.25, 0.3) is 0 Å². The predicted molar refractivity (Wildman–Crippen MR) is 70.9 cm³/mol. The van der Waals surface area contributed by atoms with E-state index in [2.05, 4.69) is 0 Å². The van der Waals surface area contributed by atoms with E-state index in [1.54, 1.807) is 0 Å². The minimum absolute atomic E-state index is 0. The van der Waals surface area contributed by atoms with Crippen LogP contribution in [0, 0.1) is 26.7 Å². The molecule has 0 atom stereocenters. The van der Waals surface area contributed by atoms with Crippen molar-refractivity contribution >= 4 is 0 Å². The van der Waals surface area contributed by atoms with Crippen LogP contribution in [-0.2, 0) is 17.4 Å². The first-order valence-corrected chi connectivity index (χ1v) is 6.21. The zero-order chi connectivity index (χ0) is 13.4. The average Bonchev–Trinajstić information content (AvgIpc) is 3.05. The summed E-state index contributed by atoms with van der Waals surface area (Å²) >= 11 is 0. The van der Waals surface area contributed by atoms with Crippen molar-refractivity contribution in [3.8, 4) is 0 Å². The molecule has 0 saturated heterocycles. The maximum Gasteiger partial charge on any atom is 0.0896 e. The molecule has 3 aromatic rings. The van der Waals surface area contributed by atoms with E-state index in [4.69, 9.17) is 13.3 Å². The average molecular weight is 307 g/mol. The smallest absolute Gasteiger partial charge is 0.0896 e. The SMILES string of the molecule is Cc1ccc([C-](c2ccc(C)o2)c2ccc(C)o2)o1.[Cr]. The number of rotatable bonds is 3. The zero-order valence-electron chi connectivity index (χ0n) is 11.6. The van der Waals surface area contributed by atoms with Gasteiger partial charge in [0, 0.05) is 23.3 Å². The first kappa shape index (κ1) is 14.6. The fourth-order valence-corrected chi connectivity index (χ4v) is 2.07. The maximum atomic E-state index is 5.72. The molecule has 4 heteroatoms. The Morgan fingerprint density at radius 2 is 0.900 bits per heavy atom. The summed E-state index contributed by atoms with van der Waals surface area (Å²) in [4.78, 5) is 0. The Bertz CT molecular complexity index is 594. The summed E-state index contributed by atoms with van der Waals surface area (Å²) in [5.74, 6) is 5.68. The van der Waals surface area contributed by atoms with Crippen molar-refractivity contribution in [2.24, 2.45) is 0 Å². The van der Waals surface area contributed by atoms with Gasteiger partial charge in [-0.3, -0.25) is 0 Å². The molecular weight excluding hydrogens is 292 g/mol. The molecule has 0 aliphatic carbocycles. The third-order valence-electron chi connectivity index (χ3n) is 2.96. The molecule has 0 fully saturated rings. The van der Waals surface area contributed by atoms with E-state index in [-0.39, 0.29) is 17.4 Å². The van der Waals surface area contributed by atoms with Crippen LogP contribution in [0.15, 0.2) is 49.6 Å². The van der Waals surface area contributed by atoms with Crippen molar-refractivity contribution in [1.29, 1.82) is 0 Å². The van der Waals surface area contributed by atoms with Gasteiger partial charge in [0.2, 0.25) is 0 Å². The Kier molecular flexibility index (Phi) is 4.18. The summed E-state index contributed by atoms with van der Waals surface area (Å²) in [6.07, 6.45) is 0. The molecule has 0 aliphatic heterocycles. The van der Waals surface area contributed by atoms with E-state index in [0.717, 1.165) is 40.5 Å². The maximum absolute atomic E-state index is 5.72. The first-order chi connectivity index (χ1) is 9.13. The summed E-state index contributed by atoms with van der Waals surface area (Å²) in [6, 6.07) is 11.6. The molecule has 3 heterocycles. The normalized spacial score (nSPS) is 10.3. The second-order valence-electron chi connectivity index (χ2n) is 4.61. The van der Waals surface area contributed by atoms with Crippen molar-refractivity contribution in [3.63, 3.8) is 0 Å². The summed E-state index contributed by atoms with van der Waals surface area (Å²) in [5.41, 5.74) is 0. The molecule has 0 unspecified atom stereocenters. The van der Waals surface area contributed by atoms with Gasteiger partial charge in [-0.1, -0.05) is 36.4 Å².